The van der Waals surface area contributed by atoms with Gasteiger partial charge in [0, 0.05) is 21.5 Å². The van der Waals surface area contributed by atoms with Crippen molar-refractivity contribution >= 4 is 34.9 Å². The monoisotopic (exact) mass is 327 g/mol. The number of carboxylic acid groups (broad SMARTS) is 1. The molecule has 0 saturated carbocycles. The second-order valence-corrected chi connectivity index (χ2v) is 6.21. The molecule has 3 rings (SSSR count). The molecule has 5 nitrogen and oxygen atoms in total. The topological polar surface area (TPSA) is 75.6 Å². The predicted octanol–water partition coefficient (Wildman–Crippen LogP) is 3.41. The molecule has 0 spiro atoms. The number of benzene rings is 1. The maximum Gasteiger partial charge on any atom is 0.345 e. The number of carbonyl (C=O) groups excluding carboxylic acids is 1. The van der Waals surface area contributed by atoms with Gasteiger partial charge in [-0.25, -0.2) is 4.79 Å². The summed E-state index contributed by atoms with van der Waals surface area (Å²) in [5.41, 5.74) is 0.246. The first-order valence-corrected chi connectivity index (χ1v) is 7.66. The highest BCUT2D eigenvalue weighted by Crippen LogP contribution is 2.29. The van der Waals surface area contributed by atoms with E-state index >= 15 is 0 Å². The molecule has 0 unspecified atom stereocenters. The molecule has 0 aliphatic carbocycles. The van der Waals surface area contributed by atoms with E-state index < -0.39 is 17.3 Å². The Hall–Kier alpha value is -2.86. The fourth-order valence-electron chi connectivity index (χ4n) is 2.12. The third-order valence-corrected chi connectivity index (χ3v) is 4.12. The van der Waals surface area contributed by atoms with E-state index in [0.717, 1.165) is 9.75 Å². The number of allylic oxidation sites excluding steroid dienone is 1. The summed E-state index contributed by atoms with van der Waals surface area (Å²) in [4.78, 5) is 25.6. The van der Waals surface area contributed by atoms with Gasteiger partial charge in [0.15, 0.2) is 11.3 Å². The highest BCUT2D eigenvalue weighted by atomic mass is 32.1. The molecule has 0 amide bonds. The Kier molecular flexibility index (Phi) is 3.99. The van der Waals surface area contributed by atoms with Gasteiger partial charge in [0.05, 0.1) is 0 Å². The molecule has 1 aliphatic heterocycles. The lowest BCUT2D eigenvalue weighted by atomic mass is 10.1. The molecular formula is C17H13NO4S. The molecule has 0 bridgehead atoms. The first kappa shape index (κ1) is 15.1. The van der Waals surface area contributed by atoms with Crippen LogP contribution in [-0.4, -0.2) is 16.9 Å². The first-order chi connectivity index (χ1) is 11.0. The SMILES string of the molecule is Cc1ccc(/C=C2\OC(Nc3ccccc3)=C(C(=O)O)C2=O)s1. The summed E-state index contributed by atoms with van der Waals surface area (Å²) >= 11 is 1.50. The van der Waals surface area contributed by atoms with Crippen LogP contribution in [0.2, 0.25) is 0 Å². The summed E-state index contributed by atoms with van der Waals surface area (Å²) in [5, 5.41) is 12.1. The number of aliphatic carboxylic acids is 1. The van der Waals surface area contributed by atoms with Crippen LogP contribution in [0.15, 0.2) is 59.7 Å². The van der Waals surface area contributed by atoms with E-state index in [1.807, 2.05) is 25.1 Å². The molecule has 6 heteroatoms. The van der Waals surface area contributed by atoms with E-state index in [9.17, 15) is 14.7 Å². The number of rotatable bonds is 4. The third-order valence-electron chi connectivity index (χ3n) is 3.17. The van der Waals surface area contributed by atoms with Gasteiger partial charge in [-0.1, -0.05) is 18.2 Å². The lowest BCUT2D eigenvalue weighted by molar-refractivity contribution is -0.134. The molecule has 2 heterocycles. The van der Waals surface area contributed by atoms with Crippen LogP contribution in [0.25, 0.3) is 6.08 Å². The van der Waals surface area contributed by atoms with Crippen LogP contribution in [-0.2, 0) is 14.3 Å². The van der Waals surface area contributed by atoms with E-state index in [-0.39, 0.29) is 11.6 Å². The van der Waals surface area contributed by atoms with Gasteiger partial charge in [-0.05, 0) is 31.2 Å². The Labute approximate surface area is 136 Å². The van der Waals surface area contributed by atoms with E-state index in [4.69, 9.17) is 4.74 Å². The maximum absolute atomic E-state index is 12.3. The summed E-state index contributed by atoms with van der Waals surface area (Å²) in [6.07, 6.45) is 1.56. The maximum atomic E-state index is 12.3. The number of ketones is 1. The van der Waals surface area contributed by atoms with Crippen molar-refractivity contribution in [2.24, 2.45) is 0 Å². The van der Waals surface area contributed by atoms with Gasteiger partial charge in [-0.15, -0.1) is 11.3 Å². The number of nitrogens with one attached hydrogen (secondary N) is 1. The zero-order valence-electron chi connectivity index (χ0n) is 12.2. The van der Waals surface area contributed by atoms with E-state index in [2.05, 4.69) is 5.32 Å². The van der Waals surface area contributed by atoms with E-state index in [1.54, 1.807) is 30.3 Å². The minimum Gasteiger partial charge on any atom is -0.477 e. The van der Waals surface area contributed by atoms with Crippen molar-refractivity contribution in [3.63, 3.8) is 0 Å². The van der Waals surface area contributed by atoms with Crippen LogP contribution >= 0.6 is 11.3 Å². The van der Waals surface area contributed by atoms with Crippen LogP contribution in [0, 0.1) is 6.92 Å². The number of thiophene rings is 1. The number of anilines is 1. The van der Waals surface area contributed by atoms with Crippen LogP contribution in [0.4, 0.5) is 5.69 Å². The van der Waals surface area contributed by atoms with Gasteiger partial charge in [0.2, 0.25) is 11.7 Å². The summed E-state index contributed by atoms with van der Waals surface area (Å²) < 4.78 is 5.47. The average molecular weight is 327 g/mol. The summed E-state index contributed by atoms with van der Waals surface area (Å²) in [7, 11) is 0. The zero-order chi connectivity index (χ0) is 16.4. The third kappa shape index (κ3) is 3.17. The number of Topliss-reactive ketones (excluding diaryl/α,β-unsaturated/α-hetero) is 1. The molecule has 1 aromatic heterocycles. The minimum absolute atomic E-state index is 0.00248. The van der Waals surface area contributed by atoms with Crippen LogP contribution in [0.3, 0.4) is 0 Å². The lowest BCUT2D eigenvalue weighted by Gasteiger charge is -2.07. The second-order valence-electron chi connectivity index (χ2n) is 4.89. The van der Waals surface area contributed by atoms with Gasteiger partial charge in [0.25, 0.3) is 0 Å². The van der Waals surface area contributed by atoms with Gasteiger partial charge in [-0.2, -0.15) is 0 Å². The predicted molar refractivity (Wildman–Crippen MR) is 87.9 cm³/mol. The van der Waals surface area contributed by atoms with Crippen molar-refractivity contribution in [2.75, 3.05) is 5.32 Å². The largest absolute Gasteiger partial charge is 0.477 e. The number of para-hydroxylation sites is 1. The molecule has 23 heavy (non-hydrogen) atoms. The number of carbonyl (C=O) groups is 2. The quantitative estimate of drug-likeness (QED) is 0.665. The van der Waals surface area contributed by atoms with Gasteiger partial charge in [-0.3, -0.25) is 4.79 Å². The molecule has 2 N–H and O–H groups in total. The van der Waals surface area contributed by atoms with Crippen molar-refractivity contribution in [2.45, 2.75) is 6.92 Å². The Morgan fingerprint density at radius 3 is 2.57 bits per heavy atom. The summed E-state index contributed by atoms with van der Waals surface area (Å²) in [6, 6.07) is 12.7. The highest BCUT2D eigenvalue weighted by Gasteiger charge is 2.35. The Balaban J connectivity index is 1.92. The van der Waals surface area contributed by atoms with Gasteiger partial charge >= 0.3 is 5.97 Å². The molecule has 0 saturated heterocycles. The number of hydrogen-bond acceptors (Lipinski definition) is 5. The fourth-order valence-corrected chi connectivity index (χ4v) is 2.93. The second kappa shape index (κ2) is 6.10. The zero-order valence-corrected chi connectivity index (χ0v) is 13.0. The number of aryl methyl sites for hydroxylation is 1. The number of carboxylic acids is 1. The fraction of sp³-hybridized carbons (Fsp3) is 0.0588. The van der Waals surface area contributed by atoms with E-state index in [1.165, 1.54) is 11.3 Å². The lowest BCUT2D eigenvalue weighted by Crippen LogP contribution is -2.12. The van der Waals surface area contributed by atoms with Gasteiger partial charge < -0.3 is 15.2 Å². The molecule has 0 fully saturated rings. The molecule has 116 valence electrons. The molecule has 1 aliphatic rings. The van der Waals surface area contributed by atoms with Crippen molar-refractivity contribution in [3.8, 4) is 0 Å². The van der Waals surface area contributed by atoms with Crippen molar-refractivity contribution in [1.29, 1.82) is 0 Å². The Morgan fingerprint density at radius 1 is 1.22 bits per heavy atom. The van der Waals surface area contributed by atoms with Crippen LogP contribution < -0.4 is 5.32 Å². The summed E-state index contributed by atoms with van der Waals surface area (Å²) in [6.45, 7) is 1.95. The normalized spacial score (nSPS) is 15.9. The minimum atomic E-state index is -1.32. The van der Waals surface area contributed by atoms with E-state index in [0.29, 0.717) is 5.69 Å². The van der Waals surface area contributed by atoms with Crippen molar-refractivity contribution < 1.29 is 19.4 Å². The number of ether oxygens (including phenoxy) is 1. The molecular weight excluding hydrogens is 314 g/mol. The number of hydrogen-bond donors (Lipinski definition) is 2. The average Bonchev–Trinajstić information content (AvgIpc) is 3.05. The molecule has 2 aromatic rings. The Bertz CT molecular complexity index is 833. The molecule has 1 aromatic carbocycles. The summed E-state index contributed by atoms with van der Waals surface area (Å²) in [5.74, 6) is -2.02. The van der Waals surface area contributed by atoms with Crippen molar-refractivity contribution in [1.82, 2.24) is 0 Å². The first-order valence-electron chi connectivity index (χ1n) is 6.85. The standard InChI is InChI=1S/C17H13NO4S/c1-10-7-8-12(23-10)9-13-15(19)14(17(20)21)16(22-13)18-11-5-3-2-4-6-11/h2-9,18H,1H3,(H,20,21)/b13-9-. The van der Waals surface area contributed by atoms with Gasteiger partial charge in [0.1, 0.15) is 0 Å². The smallest absolute Gasteiger partial charge is 0.345 e. The Morgan fingerprint density at radius 2 is 1.96 bits per heavy atom. The van der Waals surface area contributed by atoms with Crippen molar-refractivity contribution in [3.05, 3.63) is 69.4 Å². The molecule has 0 atom stereocenters. The highest BCUT2D eigenvalue weighted by molar-refractivity contribution is 7.12. The van der Waals surface area contributed by atoms with Crippen LogP contribution in [0.5, 0.6) is 0 Å². The molecule has 0 radical (unpaired) electrons. The van der Waals surface area contributed by atoms with Crippen LogP contribution in [0.1, 0.15) is 9.75 Å².